The van der Waals surface area contributed by atoms with Gasteiger partial charge in [-0.1, -0.05) is 30.3 Å². The Bertz CT molecular complexity index is 1060. The Morgan fingerprint density at radius 2 is 1.65 bits per heavy atom. The molecule has 0 unspecified atom stereocenters. The van der Waals surface area contributed by atoms with E-state index in [-0.39, 0.29) is 11.4 Å². The molecule has 0 bridgehead atoms. The van der Waals surface area contributed by atoms with Crippen LogP contribution in [0.1, 0.15) is 5.69 Å². The molecule has 0 saturated carbocycles. The van der Waals surface area contributed by atoms with Crippen LogP contribution in [0.2, 0.25) is 0 Å². The van der Waals surface area contributed by atoms with Crippen molar-refractivity contribution in [2.45, 2.75) is 11.1 Å². The highest BCUT2D eigenvalue weighted by Crippen LogP contribution is 2.33. The monoisotopic (exact) mass is 384 g/mol. The highest BCUT2D eigenvalue weighted by molar-refractivity contribution is 7.90. The summed E-state index contributed by atoms with van der Waals surface area (Å²) >= 11 is 0. The molecule has 0 aliphatic heterocycles. The van der Waals surface area contributed by atoms with Crippen molar-refractivity contribution < 1.29 is 26.0 Å². The Morgan fingerprint density at radius 1 is 1.00 bits per heavy atom. The smallest absolute Gasteiger partial charge is 0.232 e. The van der Waals surface area contributed by atoms with Gasteiger partial charge >= 0.3 is 6.18 Å². The molecule has 0 radical (unpaired) electrons. The van der Waals surface area contributed by atoms with Gasteiger partial charge in [-0.15, -0.1) is 0 Å². The van der Waals surface area contributed by atoms with Gasteiger partial charge < -0.3 is 0 Å². The molecule has 0 spiro atoms. The summed E-state index contributed by atoms with van der Waals surface area (Å²) in [5, 5.41) is 3.54. The number of hydrogen-bond acceptors (Lipinski definition) is 3. The molecule has 0 atom stereocenters. The third kappa shape index (κ3) is 3.48. The van der Waals surface area contributed by atoms with Gasteiger partial charge in [-0.25, -0.2) is 17.5 Å². The molecule has 3 rings (SSSR count). The molecule has 0 aliphatic rings. The van der Waals surface area contributed by atoms with Crippen molar-refractivity contribution >= 4 is 9.84 Å². The summed E-state index contributed by atoms with van der Waals surface area (Å²) < 4.78 is 77.4. The van der Waals surface area contributed by atoms with Crippen molar-refractivity contribution in [2.75, 3.05) is 6.26 Å². The van der Waals surface area contributed by atoms with Crippen LogP contribution in [0.3, 0.4) is 0 Å². The van der Waals surface area contributed by atoms with E-state index in [1.807, 2.05) is 0 Å². The number of benzene rings is 2. The second kappa shape index (κ2) is 6.24. The number of halogens is 4. The molecule has 0 amide bonds. The molecule has 9 heteroatoms. The zero-order valence-electron chi connectivity index (χ0n) is 13.3. The first kappa shape index (κ1) is 18.1. The average Bonchev–Trinajstić information content (AvgIpc) is 3.00. The van der Waals surface area contributed by atoms with Crippen LogP contribution in [0.15, 0.2) is 59.5 Å². The maximum atomic E-state index is 14.2. The zero-order valence-corrected chi connectivity index (χ0v) is 14.1. The minimum absolute atomic E-state index is 0.0238. The van der Waals surface area contributed by atoms with Crippen LogP contribution in [0.4, 0.5) is 17.6 Å². The Morgan fingerprint density at radius 3 is 2.19 bits per heavy atom. The van der Waals surface area contributed by atoms with E-state index in [2.05, 4.69) is 5.10 Å². The van der Waals surface area contributed by atoms with Crippen molar-refractivity contribution in [3.8, 4) is 16.9 Å². The third-order valence-corrected chi connectivity index (χ3v) is 4.76. The van der Waals surface area contributed by atoms with Gasteiger partial charge in [-0.3, -0.25) is 0 Å². The van der Waals surface area contributed by atoms with Crippen molar-refractivity contribution in [1.29, 1.82) is 0 Å². The Labute approximate surface area is 146 Å². The molecule has 26 heavy (non-hydrogen) atoms. The van der Waals surface area contributed by atoms with Gasteiger partial charge in [0.1, 0.15) is 10.7 Å². The minimum Gasteiger partial charge on any atom is -0.232 e. The van der Waals surface area contributed by atoms with E-state index in [0.717, 1.165) is 29.1 Å². The van der Waals surface area contributed by atoms with Gasteiger partial charge in [-0.2, -0.15) is 18.3 Å². The number of nitrogens with zero attached hydrogens (tertiary/aromatic N) is 2. The lowest BCUT2D eigenvalue weighted by Gasteiger charge is -2.09. The third-order valence-electron chi connectivity index (χ3n) is 3.63. The maximum Gasteiger partial charge on any atom is 0.435 e. The second-order valence-electron chi connectivity index (χ2n) is 5.58. The van der Waals surface area contributed by atoms with Crippen molar-refractivity contribution in [1.82, 2.24) is 9.78 Å². The fraction of sp³-hybridized carbons (Fsp3) is 0.118. The first-order valence-electron chi connectivity index (χ1n) is 7.30. The van der Waals surface area contributed by atoms with E-state index in [1.54, 1.807) is 30.3 Å². The van der Waals surface area contributed by atoms with E-state index in [9.17, 15) is 26.0 Å². The van der Waals surface area contributed by atoms with Crippen LogP contribution in [0, 0.1) is 5.82 Å². The fourth-order valence-corrected chi connectivity index (χ4v) is 3.18. The fourth-order valence-electron chi connectivity index (χ4n) is 2.45. The molecule has 0 saturated heterocycles. The molecule has 2 aromatic carbocycles. The standard InChI is InChI=1S/C17H12F4N2O2S/c1-26(24,25)15-8-7-12(9-13(15)18)23-14(11-5-3-2-4-6-11)10-16(22-23)17(19,20)21/h2-10H,1H3. The summed E-state index contributed by atoms with van der Waals surface area (Å²) in [6.07, 6.45) is -3.84. The molecule has 0 N–H and O–H groups in total. The van der Waals surface area contributed by atoms with Crippen LogP contribution in [0.5, 0.6) is 0 Å². The maximum absolute atomic E-state index is 14.2. The molecule has 0 aliphatic carbocycles. The zero-order chi connectivity index (χ0) is 19.1. The molecule has 0 fully saturated rings. The van der Waals surface area contributed by atoms with E-state index in [4.69, 9.17) is 0 Å². The van der Waals surface area contributed by atoms with Gasteiger partial charge in [0.15, 0.2) is 15.5 Å². The number of aromatic nitrogens is 2. The van der Waals surface area contributed by atoms with Crippen LogP contribution in [-0.2, 0) is 16.0 Å². The summed E-state index contributed by atoms with van der Waals surface area (Å²) in [7, 11) is -3.80. The summed E-state index contributed by atoms with van der Waals surface area (Å²) in [6.45, 7) is 0. The van der Waals surface area contributed by atoms with Gasteiger partial charge in [0.2, 0.25) is 0 Å². The normalized spacial score (nSPS) is 12.3. The van der Waals surface area contributed by atoms with Crippen molar-refractivity contribution in [3.05, 3.63) is 66.1 Å². The molecule has 1 heterocycles. The Balaban J connectivity index is 2.21. The molecular formula is C17H12F4N2O2S. The lowest BCUT2D eigenvalue weighted by atomic mass is 10.1. The molecule has 4 nitrogen and oxygen atoms in total. The number of sulfone groups is 1. The quantitative estimate of drug-likeness (QED) is 0.639. The van der Waals surface area contributed by atoms with Crippen LogP contribution in [-0.4, -0.2) is 24.5 Å². The first-order chi connectivity index (χ1) is 12.1. The predicted molar refractivity (Wildman–Crippen MR) is 87.1 cm³/mol. The van der Waals surface area contributed by atoms with Crippen molar-refractivity contribution in [2.24, 2.45) is 0 Å². The molecule has 136 valence electrons. The van der Waals surface area contributed by atoms with Crippen LogP contribution >= 0.6 is 0 Å². The highest BCUT2D eigenvalue weighted by atomic mass is 32.2. The minimum atomic E-state index is -4.68. The van der Waals surface area contributed by atoms with E-state index >= 15 is 0 Å². The molecule has 1 aromatic heterocycles. The lowest BCUT2D eigenvalue weighted by Crippen LogP contribution is -2.08. The topological polar surface area (TPSA) is 52.0 Å². The summed E-state index contributed by atoms with van der Waals surface area (Å²) in [6, 6.07) is 12.1. The van der Waals surface area contributed by atoms with Gasteiger partial charge in [0.05, 0.1) is 11.4 Å². The first-order valence-corrected chi connectivity index (χ1v) is 9.19. The predicted octanol–water partition coefficient (Wildman–Crippen LogP) is 4.10. The van der Waals surface area contributed by atoms with Gasteiger partial charge in [-0.05, 0) is 18.2 Å². The summed E-state index contributed by atoms with van der Waals surface area (Å²) in [5.41, 5.74) is -0.610. The number of rotatable bonds is 3. The SMILES string of the molecule is CS(=O)(=O)c1ccc(-n2nc(C(F)(F)F)cc2-c2ccccc2)cc1F. The lowest BCUT2D eigenvalue weighted by molar-refractivity contribution is -0.141. The van der Waals surface area contributed by atoms with Crippen LogP contribution in [0.25, 0.3) is 16.9 Å². The van der Waals surface area contributed by atoms with E-state index in [0.29, 0.717) is 5.56 Å². The summed E-state index contributed by atoms with van der Waals surface area (Å²) in [5.74, 6) is -1.06. The highest BCUT2D eigenvalue weighted by Gasteiger charge is 2.35. The van der Waals surface area contributed by atoms with E-state index < -0.39 is 32.4 Å². The largest absolute Gasteiger partial charge is 0.435 e. The number of alkyl halides is 3. The number of hydrogen-bond donors (Lipinski definition) is 0. The average molecular weight is 384 g/mol. The van der Waals surface area contributed by atoms with Crippen LogP contribution < -0.4 is 0 Å². The Kier molecular flexibility index (Phi) is 4.35. The van der Waals surface area contributed by atoms with Crippen molar-refractivity contribution in [3.63, 3.8) is 0 Å². The summed E-state index contributed by atoms with van der Waals surface area (Å²) in [4.78, 5) is -0.536. The van der Waals surface area contributed by atoms with Gasteiger partial charge in [0.25, 0.3) is 0 Å². The molecular weight excluding hydrogens is 372 g/mol. The Hall–Kier alpha value is -2.68. The second-order valence-corrected chi connectivity index (χ2v) is 7.56. The van der Waals surface area contributed by atoms with E-state index in [1.165, 1.54) is 6.07 Å². The molecule has 3 aromatic rings. The van der Waals surface area contributed by atoms with Gasteiger partial charge in [0, 0.05) is 17.9 Å².